The topological polar surface area (TPSA) is 114 Å². The van der Waals surface area contributed by atoms with Gasteiger partial charge in [0.15, 0.2) is 0 Å². The Morgan fingerprint density at radius 1 is 1.09 bits per heavy atom. The molecule has 33 heavy (non-hydrogen) atoms. The van der Waals surface area contributed by atoms with Crippen molar-refractivity contribution in [2.75, 3.05) is 42.9 Å². The number of hydrogen-bond acceptors (Lipinski definition) is 6. The van der Waals surface area contributed by atoms with Gasteiger partial charge < -0.3 is 10.2 Å². The largest absolute Gasteiger partial charge is 0.324 e. The fraction of sp³-hybridized carbons (Fsp3) is 0.348. The number of piperazine rings is 1. The molecule has 0 bridgehead atoms. The van der Waals surface area contributed by atoms with Crippen LogP contribution >= 0.6 is 0 Å². The number of hydrogen-bond donors (Lipinski definition) is 1. The minimum Gasteiger partial charge on any atom is -0.324 e. The van der Waals surface area contributed by atoms with Gasteiger partial charge in [-0.2, -0.15) is 9.57 Å². The summed E-state index contributed by atoms with van der Waals surface area (Å²) in [5, 5.41) is 12.1. The highest BCUT2D eigenvalue weighted by atomic mass is 32.2. The molecule has 0 radical (unpaired) electrons. The fourth-order valence-corrected chi connectivity index (χ4v) is 5.85. The number of sulfonamides is 1. The Morgan fingerprint density at radius 3 is 2.48 bits per heavy atom. The lowest BCUT2D eigenvalue weighted by atomic mass is 10.1. The van der Waals surface area contributed by atoms with Gasteiger partial charge in [0.05, 0.1) is 28.4 Å². The molecule has 9 nitrogen and oxygen atoms in total. The van der Waals surface area contributed by atoms with Gasteiger partial charge in [-0.15, -0.1) is 0 Å². The average molecular weight is 468 g/mol. The third kappa shape index (κ3) is 4.61. The lowest BCUT2D eigenvalue weighted by Gasteiger charge is -2.35. The van der Waals surface area contributed by atoms with E-state index >= 15 is 0 Å². The number of anilines is 2. The van der Waals surface area contributed by atoms with Crippen LogP contribution in [0.2, 0.25) is 0 Å². The number of rotatable bonds is 4. The molecule has 4 rings (SSSR count). The molecular weight excluding hydrogens is 442 g/mol. The third-order valence-electron chi connectivity index (χ3n) is 5.94. The van der Waals surface area contributed by atoms with Gasteiger partial charge in [-0.3, -0.25) is 14.5 Å². The normalized spacial score (nSPS) is 19.8. The predicted molar refractivity (Wildman–Crippen MR) is 123 cm³/mol. The summed E-state index contributed by atoms with van der Waals surface area (Å²) in [5.41, 5.74) is 1.38. The Hall–Kier alpha value is -3.26. The molecule has 0 aromatic heterocycles. The fourth-order valence-electron chi connectivity index (χ4n) is 4.29. The Morgan fingerprint density at radius 2 is 1.76 bits per heavy atom. The molecule has 0 saturated carbocycles. The van der Waals surface area contributed by atoms with E-state index in [4.69, 9.17) is 0 Å². The number of nitrogens with one attached hydrogen (secondary N) is 1. The molecular formula is C23H25N5O4S. The standard InChI is InChI=1S/C23H25N5O4S/c1-17-14-22(29)25-19-7-3-4-8-20(19)28(17)23(30)16-26-10-12-27(13-11-26)33(31,32)21-9-5-2-6-18(21)15-24/h2-9,17H,10-14,16H2,1H3,(H,25,29)/t17-/m0/s1. The molecule has 0 unspecified atom stereocenters. The number of para-hydroxylation sites is 2. The van der Waals surface area contributed by atoms with Crippen LogP contribution in [0.25, 0.3) is 0 Å². The molecule has 1 fully saturated rings. The van der Waals surface area contributed by atoms with Crippen molar-refractivity contribution in [3.8, 4) is 6.07 Å². The number of fused-ring (bicyclic) bond motifs is 1. The molecule has 2 aliphatic heterocycles. The summed E-state index contributed by atoms with van der Waals surface area (Å²) < 4.78 is 27.4. The average Bonchev–Trinajstić information content (AvgIpc) is 2.93. The van der Waals surface area contributed by atoms with E-state index in [9.17, 15) is 23.3 Å². The molecule has 2 aromatic rings. The van der Waals surface area contributed by atoms with E-state index in [2.05, 4.69) is 5.32 Å². The summed E-state index contributed by atoms with van der Waals surface area (Å²) in [6.07, 6.45) is 0.199. The van der Waals surface area contributed by atoms with Gasteiger partial charge in [0.2, 0.25) is 21.8 Å². The molecule has 0 aliphatic carbocycles. The summed E-state index contributed by atoms with van der Waals surface area (Å²) >= 11 is 0. The van der Waals surface area contributed by atoms with Crippen LogP contribution in [-0.4, -0.2) is 68.2 Å². The molecule has 2 aromatic carbocycles. The summed E-state index contributed by atoms with van der Waals surface area (Å²) in [6, 6.07) is 15.0. The van der Waals surface area contributed by atoms with Crippen LogP contribution in [0.5, 0.6) is 0 Å². The van der Waals surface area contributed by atoms with Crippen LogP contribution in [0, 0.1) is 11.3 Å². The van der Waals surface area contributed by atoms with Crippen molar-refractivity contribution in [3.05, 3.63) is 54.1 Å². The van der Waals surface area contributed by atoms with Gasteiger partial charge in [-0.1, -0.05) is 24.3 Å². The zero-order chi connectivity index (χ0) is 23.6. The second-order valence-electron chi connectivity index (χ2n) is 8.17. The highest BCUT2D eigenvalue weighted by Gasteiger charge is 2.33. The SMILES string of the molecule is C[C@H]1CC(=O)Nc2ccccc2N1C(=O)CN1CCN(S(=O)(=O)c2ccccc2C#N)CC1. The Labute approximate surface area is 193 Å². The van der Waals surface area contributed by atoms with Gasteiger partial charge in [0, 0.05) is 38.6 Å². The molecule has 1 atom stereocenters. The zero-order valence-electron chi connectivity index (χ0n) is 18.3. The van der Waals surface area contributed by atoms with Crippen molar-refractivity contribution in [1.82, 2.24) is 9.21 Å². The first-order chi connectivity index (χ1) is 15.8. The van der Waals surface area contributed by atoms with E-state index in [1.807, 2.05) is 36.1 Å². The second-order valence-corrected chi connectivity index (χ2v) is 10.1. The number of carbonyl (C=O) groups excluding carboxylic acids is 2. The van der Waals surface area contributed by atoms with Crippen LogP contribution in [0.3, 0.4) is 0 Å². The summed E-state index contributed by atoms with van der Waals surface area (Å²) in [6.45, 7) is 3.19. The molecule has 0 spiro atoms. The molecule has 2 aliphatic rings. The van der Waals surface area contributed by atoms with Gasteiger partial charge in [0.1, 0.15) is 6.07 Å². The van der Waals surface area contributed by atoms with Gasteiger partial charge >= 0.3 is 0 Å². The van der Waals surface area contributed by atoms with Crippen molar-refractivity contribution in [2.45, 2.75) is 24.3 Å². The third-order valence-corrected chi connectivity index (χ3v) is 7.90. The maximum atomic E-state index is 13.3. The van der Waals surface area contributed by atoms with E-state index < -0.39 is 10.0 Å². The first kappa shape index (κ1) is 22.9. The smallest absolute Gasteiger partial charge is 0.244 e. The van der Waals surface area contributed by atoms with Crippen molar-refractivity contribution in [2.24, 2.45) is 0 Å². The molecule has 10 heteroatoms. The van der Waals surface area contributed by atoms with Gasteiger partial charge in [-0.25, -0.2) is 8.42 Å². The van der Waals surface area contributed by atoms with E-state index in [1.54, 1.807) is 23.1 Å². The molecule has 172 valence electrons. The maximum Gasteiger partial charge on any atom is 0.244 e. The molecule has 1 N–H and O–H groups in total. The lowest BCUT2D eigenvalue weighted by molar-refractivity contribution is -0.120. The zero-order valence-corrected chi connectivity index (χ0v) is 19.1. The number of amides is 2. The first-order valence-corrected chi connectivity index (χ1v) is 12.2. The molecule has 2 amide bonds. The second kappa shape index (κ2) is 9.31. The predicted octanol–water partition coefficient (Wildman–Crippen LogP) is 1.63. The van der Waals surface area contributed by atoms with E-state index in [0.717, 1.165) is 0 Å². The van der Waals surface area contributed by atoms with Crippen LogP contribution in [0.1, 0.15) is 18.9 Å². The lowest BCUT2D eigenvalue weighted by Crippen LogP contribution is -2.52. The Bertz CT molecular complexity index is 1220. The maximum absolute atomic E-state index is 13.3. The minimum atomic E-state index is -3.79. The molecule has 2 heterocycles. The Balaban J connectivity index is 1.45. The van der Waals surface area contributed by atoms with E-state index in [0.29, 0.717) is 24.5 Å². The van der Waals surface area contributed by atoms with Crippen LogP contribution in [0.4, 0.5) is 11.4 Å². The number of benzene rings is 2. The van der Waals surface area contributed by atoms with Crippen LogP contribution in [-0.2, 0) is 19.6 Å². The number of carbonyl (C=O) groups is 2. The number of nitrogens with zero attached hydrogens (tertiary/aromatic N) is 4. The Kier molecular flexibility index (Phi) is 6.47. The van der Waals surface area contributed by atoms with Crippen LogP contribution in [0.15, 0.2) is 53.4 Å². The summed E-state index contributed by atoms with van der Waals surface area (Å²) in [4.78, 5) is 29.0. The highest BCUT2D eigenvalue weighted by molar-refractivity contribution is 7.89. The van der Waals surface area contributed by atoms with Crippen molar-refractivity contribution < 1.29 is 18.0 Å². The van der Waals surface area contributed by atoms with Gasteiger partial charge in [-0.05, 0) is 31.2 Å². The summed E-state index contributed by atoms with van der Waals surface area (Å²) in [7, 11) is -3.79. The molecule has 1 saturated heterocycles. The van der Waals surface area contributed by atoms with E-state index in [1.165, 1.54) is 16.4 Å². The quantitative estimate of drug-likeness (QED) is 0.731. The summed E-state index contributed by atoms with van der Waals surface area (Å²) in [5.74, 6) is -0.278. The monoisotopic (exact) mass is 467 g/mol. The first-order valence-electron chi connectivity index (χ1n) is 10.7. The van der Waals surface area contributed by atoms with Crippen molar-refractivity contribution in [3.63, 3.8) is 0 Å². The highest BCUT2D eigenvalue weighted by Crippen LogP contribution is 2.31. The van der Waals surface area contributed by atoms with Gasteiger partial charge in [0.25, 0.3) is 0 Å². The number of nitriles is 1. The van der Waals surface area contributed by atoms with Crippen LogP contribution < -0.4 is 10.2 Å². The van der Waals surface area contributed by atoms with Crippen molar-refractivity contribution in [1.29, 1.82) is 5.26 Å². The minimum absolute atomic E-state index is 0.00388. The van der Waals surface area contributed by atoms with Crippen molar-refractivity contribution >= 4 is 33.2 Å². The van der Waals surface area contributed by atoms with E-state index in [-0.39, 0.29) is 54.4 Å².